The zero-order valence-electron chi connectivity index (χ0n) is 4.86. The van der Waals surface area contributed by atoms with Crippen molar-refractivity contribution in [1.82, 2.24) is 0 Å². The molecule has 0 aliphatic heterocycles. The third-order valence-electron chi connectivity index (χ3n) is 0. The fourth-order valence-corrected chi connectivity index (χ4v) is 0. The first-order valence-corrected chi connectivity index (χ1v) is 0.365. The molecule has 0 spiro atoms. The maximum Gasteiger partial charge on any atom is 0 e. The molecule has 10 heavy (non-hydrogen) atoms. The molecule has 10 N–H and O–H groups in total. The van der Waals surface area contributed by atoms with E-state index in [1.54, 1.807) is 0 Å². The molecule has 0 saturated heterocycles. The second kappa shape index (κ2) is 579. The Bertz CT molecular complexity index is 23.2. The van der Waals surface area contributed by atoms with Crippen LogP contribution < -0.4 is 12.4 Å². The molecule has 0 aliphatic carbocycles. The van der Waals surface area contributed by atoms with Crippen LogP contribution in [0.3, 0.4) is 0 Å². The standard InChI is InChI=1S/ClH.Co.HNO2.5H2N/c;;2-1-3;;;;;/h1H;;(H,2,3);5*1H2/q;;;5*-1/p-2. The van der Waals surface area contributed by atoms with Crippen molar-refractivity contribution in [1.29, 1.82) is 0 Å². The van der Waals surface area contributed by atoms with E-state index >= 15 is 0 Å². The fourth-order valence-electron chi connectivity index (χ4n) is 0. The van der Waals surface area contributed by atoms with Gasteiger partial charge in [0.1, 0.15) is 0 Å². The van der Waals surface area contributed by atoms with Crippen LogP contribution >= 0.6 is 0 Å². The Balaban J connectivity index is -0.000000000952. The Labute approximate surface area is 76.0 Å². The van der Waals surface area contributed by atoms with Gasteiger partial charge in [-0.1, -0.05) is 0 Å². The molecule has 0 amide bonds. The van der Waals surface area contributed by atoms with Crippen LogP contribution in [-0.2, 0) is 16.8 Å². The van der Waals surface area contributed by atoms with Crippen molar-refractivity contribution in [3.8, 4) is 0 Å². The van der Waals surface area contributed by atoms with Crippen LogP contribution in [0.15, 0.2) is 5.34 Å². The van der Waals surface area contributed by atoms with Gasteiger partial charge in [-0.2, -0.15) is 0 Å². The van der Waals surface area contributed by atoms with Gasteiger partial charge in [-0.05, 0) is 0 Å². The molecule has 8 nitrogen and oxygen atoms in total. The van der Waals surface area contributed by atoms with Crippen molar-refractivity contribution in [3.63, 3.8) is 0 Å². The van der Waals surface area contributed by atoms with E-state index in [-0.39, 0.29) is 59.9 Å². The van der Waals surface area contributed by atoms with Gasteiger partial charge >= 0.3 is 0 Å². The minimum Gasteiger partial charge on any atom is -1.00 e. The van der Waals surface area contributed by atoms with Gasteiger partial charge < -0.3 is 53.3 Å². The molecule has 0 unspecified atom stereocenters. The minimum absolute atomic E-state index is 0. The first-order valence-electron chi connectivity index (χ1n) is 0.365. The molecule has 0 bridgehead atoms. The summed E-state index contributed by atoms with van der Waals surface area (Å²) in [6, 6.07) is 0. The molecule has 0 fully saturated rings. The molecule has 0 aromatic rings. The minimum atomic E-state index is 0. The molecule has 0 atom stereocenters. The summed E-state index contributed by atoms with van der Waals surface area (Å²) in [5.74, 6) is 0. The van der Waals surface area contributed by atoms with Gasteiger partial charge in [-0.25, -0.2) is 0 Å². The Kier molecular flexibility index (Phi) is 11800. The van der Waals surface area contributed by atoms with Crippen molar-refractivity contribution in [2.75, 3.05) is 0 Å². The SMILES string of the molecule is O=N[O-].[Cl-].[Co].[NH2-].[NH2-].[NH2-].[NH2-].[NH2-]. The molecule has 1 radical (unpaired) electrons. The second-order valence-electron chi connectivity index (χ2n) is 0.0745. The van der Waals surface area contributed by atoms with Crippen molar-refractivity contribution in [2.24, 2.45) is 5.34 Å². The van der Waals surface area contributed by atoms with Crippen LogP contribution in [0.1, 0.15) is 0 Å². The van der Waals surface area contributed by atoms with E-state index in [9.17, 15) is 0 Å². The van der Waals surface area contributed by atoms with Crippen LogP contribution in [-0.4, -0.2) is 0 Å². The Hall–Kier alpha value is -0.00351. The normalized spacial score (nSPS) is 1.20. The van der Waals surface area contributed by atoms with Gasteiger partial charge in [0.05, 0.1) is 0 Å². The molecule has 75 valence electrons. The predicted octanol–water partition coefficient (Wildman–Crippen LogP) is 0.838. The third kappa shape index (κ3) is 31800000. The molecule has 0 aromatic carbocycles. The number of halogens is 1. The van der Waals surface area contributed by atoms with Crippen molar-refractivity contribution < 1.29 is 29.2 Å². The fraction of sp³-hybridized carbons (Fsp3) is 0. The average Bonchev–Trinajstić information content (AvgIpc) is 0.918. The number of hydrogen-bond donors (Lipinski definition) is 0. The van der Waals surface area contributed by atoms with Gasteiger partial charge in [0.15, 0.2) is 0 Å². The first-order chi connectivity index (χ1) is 1.41. The number of hydrogen-bond acceptors (Lipinski definition) is 3. The molecule has 0 aliphatic rings. The van der Waals surface area contributed by atoms with Crippen molar-refractivity contribution in [2.45, 2.75) is 0 Å². The summed E-state index contributed by atoms with van der Waals surface area (Å²) in [5.41, 5.74) is 0. The summed E-state index contributed by atoms with van der Waals surface area (Å²) in [7, 11) is 0. The van der Waals surface area contributed by atoms with Crippen LogP contribution in [0.4, 0.5) is 0 Å². The predicted molar refractivity (Wildman–Crippen MR) is 35.6 cm³/mol. The topological polar surface area (TPSA) is 220 Å². The van der Waals surface area contributed by atoms with E-state index in [0.29, 0.717) is 0 Å². The van der Waals surface area contributed by atoms with E-state index in [4.69, 9.17) is 10.1 Å². The molecule has 0 rings (SSSR count). The van der Waals surface area contributed by atoms with Crippen LogP contribution in [0.2, 0.25) is 0 Å². The Morgan fingerprint density at radius 3 is 0.900 bits per heavy atom. The summed E-state index contributed by atoms with van der Waals surface area (Å²) in [5, 5.41) is 9.00. The smallest absolute Gasteiger partial charge is 0 e. The molecular weight excluding hydrogens is 210 g/mol. The van der Waals surface area contributed by atoms with E-state index in [0.717, 1.165) is 5.34 Å². The van der Waals surface area contributed by atoms with Gasteiger partial charge in [-0.15, -0.1) is 5.34 Å². The summed E-state index contributed by atoms with van der Waals surface area (Å²) >= 11 is 0. The monoisotopic (exact) mass is 220 g/mol. The Morgan fingerprint density at radius 2 is 0.900 bits per heavy atom. The number of nitrogens with zero attached hydrogens (tertiary/aromatic N) is 1. The quantitative estimate of drug-likeness (QED) is 0.427. The van der Waals surface area contributed by atoms with Crippen LogP contribution in [0.5, 0.6) is 0 Å². The Morgan fingerprint density at radius 1 is 0.900 bits per heavy atom. The summed E-state index contributed by atoms with van der Waals surface area (Å²) in [4.78, 5) is 8.00. The summed E-state index contributed by atoms with van der Waals surface area (Å²) < 4.78 is 0. The molecule has 10 heteroatoms. The van der Waals surface area contributed by atoms with Gasteiger partial charge in [0, 0.05) is 16.8 Å². The zero-order chi connectivity index (χ0) is 2.71. The third-order valence-corrected chi connectivity index (χ3v) is 0. The van der Waals surface area contributed by atoms with Gasteiger partial charge in [0.2, 0.25) is 0 Å². The average molecular weight is 221 g/mol. The molecule has 0 heterocycles. The van der Waals surface area contributed by atoms with E-state index in [1.165, 1.54) is 0 Å². The number of rotatable bonds is 0. The summed E-state index contributed by atoms with van der Waals surface area (Å²) in [6.45, 7) is 0. The van der Waals surface area contributed by atoms with Crippen molar-refractivity contribution in [3.05, 3.63) is 40.9 Å². The van der Waals surface area contributed by atoms with Gasteiger partial charge in [-0.3, -0.25) is 0 Å². The van der Waals surface area contributed by atoms with E-state index in [1.807, 2.05) is 0 Å². The van der Waals surface area contributed by atoms with E-state index < -0.39 is 0 Å². The maximum absolute atomic E-state index is 8.00. The van der Waals surface area contributed by atoms with Crippen molar-refractivity contribution >= 4 is 0 Å². The van der Waals surface area contributed by atoms with Crippen LogP contribution in [0.25, 0.3) is 30.8 Å². The zero-order valence-corrected chi connectivity index (χ0v) is 6.66. The van der Waals surface area contributed by atoms with Crippen LogP contribution in [0, 0.1) is 10.1 Å². The van der Waals surface area contributed by atoms with Gasteiger partial charge in [0.25, 0.3) is 0 Å². The molecule has 0 aromatic heterocycles. The first kappa shape index (κ1) is 203. The molecule has 0 saturated carbocycles. The van der Waals surface area contributed by atoms with E-state index in [2.05, 4.69) is 0 Å². The second-order valence-corrected chi connectivity index (χ2v) is 0.0745. The molecular formula is H10ClCoN6O2-7. The number of nitrogens with two attached hydrogens (primary N) is 5. The summed E-state index contributed by atoms with van der Waals surface area (Å²) in [6.07, 6.45) is 0. The largest absolute Gasteiger partial charge is 1.00 e. The maximum atomic E-state index is 8.00.